The highest BCUT2D eigenvalue weighted by molar-refractivity contribution is 7.89. The third kappa shape index (κ3) is 4.09. The van der Waals surface area contributed by atoms with Crippen LogP contribution >= 0.6 is 23.2 Å². The number of amides is 1. The molecule has 0 spiro atoms. The van der Waals surface area contributed by atoms with Crippen molar-refractivity contribution < 1.29 is 13.2 Å². The lowest BCUT2D eigenvalue weighted by atomic mass is 10.1. The molecule has 1 saturated carbocycles. The number of hydrogen-bond donors (Lipinski definition) is 2. The van der Waals surface area contributed by atoms with Gasteiger partial charge in [-0.05, 0) is 30.0 Å². The van der Waals surface area contributed by atoms with Crippen molar-refractivity contribution in [2.75, 3.05) is 12.3 Å². The van der Waals surface area contributed by atoms with Gasteiger partial charge >= 0.3 is 0 Å². The number of nitrogens with one attached hydrogen (secondary N) is 1. The molecule has 0 aromatic heterocycles. The molecule has 5 nitrogen and oxygen atoms in total. The SMILES string of the molecule is NS(=O)(=O)CCNC(=O)[C@@H]1C[C@H]1c1ccc(Cl)c(Cl)c1. The van der Waals surface area contributed by atoms with Gasteiger partial charge in [0.25, 0.3) is 0 Å². The molecular weight excluding hydrogens is 323 g/mol. The van der Waals surface area contributed by atoms with Crippen molar-refractivity contribution in [1.82, 2.24) is 5.32 Å². The van der Waals surface area contributed by atoms with Gasteiger partial charge in [0, 0.05) is 12.5 Å². The minimum Gasteiger partial charge on any atom is -0.355 e. The van der Waals surface area contributed by atoms with E-state index in [1.54, 1.807) is 12.1 Å². The van der Waals surface area contributed by atoms with Crippen LogP contribution in [0.25, 0.3) is 0 Å². The highest BCUT2D eigenvalue weighted by Gasteiger charge is 2.43. The van der Waals surface area contributed by atoms with Crippen molar-refractivity contribution >= 4 is 39.1 Å². The Labute approximate surface area is 127 Å². The fraction of sp³-hybridized carbons (Fsp3) is 0.417. The lowest BCUT2D eigenvalue weighted by molar-refractivity contribution is -0.122. The molecule has 0 saturated heterocycles. The van der Waals surface area contributed by atoms with E-state index >= 15 is 0 Å². The summed E-state index contributed by atoms with van der Waals surface area (Å²) >= 11 is 11.8. The number of benzene rings is 1. The average Bonchev–Trinajstić information content (AvgIpc) is 3.11. The topological polar surface area (TPSA) is 89.3 Å². The van der Waals surface area contributed by atoms with Crippen molar-refractivity contribution in [3.63, 3.8) is 0 Å². The molecule has 20 heavy (non-hydrogen) atoms. The van der Waals surface area contributed by atoms with E-state index in [1.807, 2.05) is 6.07 Å². The van der Waals surface area contributed by atoms with Crippen LogP contribution in [-0.2, 0) is 14.8 Å². The predicted molar refractivity (Wildman–Crippen MR) is 78.3 cm³/mol. The van der Waals surface area contributed by atoms with Gasteiger partial charge in [-0.2, -0.15) is 0 Å². The van der Waals surface area contributed by atoms with E-state index in [0.717, 1.165) is 12.0 Å². The van der Waals surface area contributed by atoms with Crippen LogP contribution < -0.4 is 10.5 Å². The second-order valence-electron chi connectivity index (χ2n) is 4.78. The second-order valence-corrected chi connectivity index (χ2v) is 7.33. The fourth-order valence-electron chi connectivity index (χ4n) is 2.04. The Hall–Kier alpha value is -0.820. The van der Waals surface area contributed by atoms with E-state index in [0.29, 0.717) is 10.0 Å². The first-order valence-electron chi connectivity index (χ1n) is 6.01. The van der Waals surface area contributed by atoms with Crippen LogP contribution in [0.2, 0.25) is 10.0 Å². The summed E-state index contributed by atoms with van der Waals surface area (Å²) in [6, 6.07) is 5.30. The number of nitrogens with two attached hydrogens (primary N) is 1. The molecule has 1 aliphatic rings. The Balaban J connectivity index is 1.88. The summed E-state index contributed by atoms with van der Waals surface area (Å²) < 4.78 is 21.5. The van der Waals surface area contributed by atoms with Crippen molar-refractivity contribution in [3.05, 3.63) is 33.8 Å². The summed E-state index contributed by atoms with van der Waals surface area (Å²) in [4.78, 5) is 11.8. The van der Waals surface area contributed by atoms with E-state index in [2.05, 4.69) is 5.32 Å². The molecule has 110 valence electrons. The van der Waals surface area contributed by atoms with Gasteiger partial charge in [-0.1, -0.05) is 29.3 Å². The van der Waals surface area contributed by atoms with Crippen LogP contribution in [0, 0.1) is 5.92 Å². The summed E-state index contributed by atoms with van der Waals surface area (Å²) in [5.41, 5.74) is 0.964. The summed E-state index contributed by atoms with van der Waals surface area (Å²) in [6.07, 6.45) is 0.721. The average molecular weight is 337 g/mol. The summed E-state index contributed by atoms with van der Waals surface area (Å²) in [5, 5.41) is 8.37. The Kier molecular flexibility index (Phi) is 4.59. The first-order chi connectivity index (χ1) is 9.28. The van der Waals surface area contributed by atoms with Crippen molar-refractivity contribution in [1.29, 1.82) is 0 Å². The molecule has 1 aromatic carbocycles. The molecule has 0 unspecified atom stereocenters. The number of carbonyl (C=O) groups excluding carboxylic acids is 1. The van der Waals surface area contributed by atoms with Crippen LogP contribution in [0.3, 0.4) is 0 Å². The molecule has 0 aliphatic heterocycles. The van der Waals surface area contributed by atoms with Gasteiger partial charge in [-0.15, -0.1) is 0 Å². The minimum absolute atomic E-state index is 0.0300. The number of rotatable bonds is 5. The molecule has 0 radical (unpaired) electrons. The van der Waals surface area contributed by atoms with E-state index in [4.69, 9.17) is 28.3 Å². The lowest BCUT2D eigenvalue weighted by Gasteiger charge is -2.05. The standard InChI is InChI=1S/C12H14Cl2N2O3S/c13-10-2-1-7(5-11(10)14)8-6-9(8)12(17)16-3-4-20(15,18)19/h1-2,5,8-9H,3-4,6H2,(H,16,17)(H2,15,18,19)/t8-,9+/m0/s1. The van der Waals surface area contributed by atoms with Gasteiger partial charge in [0.15, 0.2) is 0 Å². The number of sulfonamides is 1. The maximum absolute atomic E-state index is 11.8. The van der Waals surface area contributed by atoms with Gasteiger partial charge in [0.2, 0.25) is 15.9 Å². The first kappa shape index (κ1) is 15.6. The Morgan fingerprint density at radius 2 is 2.05 bits per heavy atom. The zero-order valence-corrected chi connectivity index (χ0v) is 12.8. The molecule has 2 rings (SSSR count). The van der Waals surface area contributed by atoms with E-state index in [9.17, 15) is 13.2 Å². The normalized spacial score (nSPS) is 21.6. The lowest BCUT2D eigenvalue weighted by Crippen LogP contribution is -2.32. The highest BCUT2D eigenvalue weighted by Crippen LogP contribution is 2.48. The Bertz CT molecular complexity index is 634. The fourth-order valence-corrected chi connectivity index (χ4v) is 2.74. The second kappa shape index (κ2) is 5.89. The van der Waals surface area contributed by atoms with Gasteiger partial charge in [-0.3, -0.25) is 4.79 Å². The molecule has 1 aromatic rings. The monoisotopic (exact) mass is 336 g/mol. The van der Waals surface area contributed by atoms with Crippen LogP contribution in [0.5, 0.6) is 0 Å². The molecular formula is C12H14Cl2N2O3S. The van der Waals surface area contributed by atoms with Crippen LogP contribution in [0.4, 0.5) is 0 Å². The Morgan fingerprint density at radius 3 is 2.65 bits per heavy atom. The largest absolute Gasteiger partial charge is 0.355 e. The minimum atomic E-state index is -3.55. The van der Waals surface area contributed by atoms with E-state index in [-0.39, 0.29) is 30.0 Å². The summed E-state index contributed by atoms with van der Waals surface area (Å²) in [6.45, 7) is 0.0300. The van der Waals surface area contributed by atoms with Gasteiger partial charge in [0.05, 0.1) is 15.8 Å². The highest BCUT2D eigenvalue weighted by atomic mass is 35.5. The molecule has 1 amide bonds. The third-order valence-corrected chi connectivity index (χ3v) is 4.70. The zero-order valence-electron chi connectivity index (χ0n) is 10.5. The maximum Gasteiger partial charge on any atom is 0.223 e. The van der Waals surface area contributed by atoms with E-state index in [1.165, 1.54) is 0 Å². The van der Waals surface area contributed by atoms with Crippen LogP contribution in [-0.4, -0.2) is 26.6 Å². The van der Waals surface area contributed by atoms with E-state index < -0.39 is 10.0 Å². The quantitative estimate of drug-likeness (QED) is 0.853. The van der Waals surface area contributed by atoms with Crippen LogP contribution in [0.1, 0.15) is 17.9 Å². The Morgan fingerprint density at radius 1 is 1.35 bits per heavy atom. The molecule has 1 aliphatic carbocycles. The van der Waals surface area contributed by atoms with Crippen molar-refractivity contribution in [2.24, 2.45) is 11.1 Å². The maximum atomic E-state index is 11.8. The van der Waals surface area contributed by atoms with Gasteiger partial charge in [-0.25, -0.2) is 13.6 Å². The molecule has 2 atom stereocenters. The summed E-state index contributed by atoms with van der Waals surface area (Å²) in [7, 11) is -3.55. The third-order valence-electron chi connectivity index (χ3n) is 3.18. The smallest absolute Gasteiger partial charge is 0.223 e. The molecule has 3 N–H and O–H groups in total. The molecule has 8 heteroatoms. The number of carbonyl (C=O) groups is 1. The molecule has 0 bridgehead atoms. The number of hydrogen-bond acceptors (Lipinski definition) is 3. The molecule has 1 fully saturated rings. The van der Waals surface area contributed by atoms with Crippen molar-refractivity contribution in [2.45, 2.75) is 12.3 Å². The first-order valence-corrected chi connectivity index (χ1v) is 8.48. The number of halogens is 2. The predicted octanol–water partition coefficient (Wildman–Crippen LogP) is 1.50. The van der Waals surface area contributed by atoms with Crippen molar-refractivity contribution in [3.8, 4) is 0 Å². The number of primary sulfonamides is 1. The molecule has 0 heterocycles. The van der Waals surface area contributed by atoms with Gasteiger partial charge < -0.3 is 5.32 Å². The summed E-state index contributed by atoms with van der Waals surface area (Å²) in [5.74, 6) is -0.459. The zero-order chi connectivity index (χ0) is 14.9. The van der Waals surface area contributed by atoms with Crippen LogP contribution in [0.15, 0.2) is 18.2 Å². The van der Waals surface area contributed by atoms with Gasteiger partial charge in [0.1, 0.15) is 0 Å².